The molecule has 2 fully saturated rings. The third-order valence-corrected chi connectivity index (χ3v) is 5.39. The van der Waals surface area contributed by atoms with E-state index in [-0.39, 0.29) is 17.6 Å². The Morgan fingerprint density at radius 2 is 2.07 bits per heavy atom. The van der Waals surface area contributed by atoms with Crippen molar-refractivity contribution in [3.8, 4) is 5.82 Å². The summed E-state index contributed by atoms with van der Waals surface area (Å²) in [7, 11) is 0. The summed E-state index contributed by atoms with van der Waals surface area (Å²) in [5.41, 5.74) is -0.170. The Morgan fingerprint density at radius 3 is 2.86 bits per heavy atom. The largest absolute Gasteiger partial charge is 0.377 e. The molecule has 1 N–H and O–H groups in total. The lowest BCUT2D eigenvalue weighted by molar-refractivity contribution is 0.182. The number of aromatic nitrogens is 6. The van der Waals surface area contributed by atoms with Gasteiger partial charge in [0.2, 0.25) is 0 Å². The summed E-state index contributed by atoms with van der Waals surface area (Å²) < 4.78 is 8.77. The fourth-order valence-electron chi connectivity index (χ4n) is 3.61. The molecule has 2 atom stereocenters. The maximum absolute atomic E-state index is 12.5. The Morgan fingerprint density at radius 1 is 1.14 bits per heavy atom. The standard InChI is InChI=1S/C19H21N7O2/c27-18-6-5-17(25-10-2-8-21-25)24-26(18)15-12-28-11-14(15)22-16-7-9-20-19(23-16)13-3-1-4-13/h2,5-10,13-15H,1,3-4,11-12H2,(H,20,22,23). The molecule has 1 saturated heterocycles. The summed E-state index contributed by atoms with van der Waals surface area (Å²) >= 11 is 0. The van der Waals surface area contributed by atoms with E-state index >= 15 is 0 Å². The van der Waals surface area contributed by atoms with Crippen molar-refractivity contribution in [2.45, 2.75) is 37.3 Å². The number of rotatable bonds is 5. The van der Waals surface area contributed by atoms with Crippen molar-refractivity contribution in [1.82, 2.24) is 29.5 Å². The molecule has 5 rings (SSSR count). The summed E-state index contributed by atoms with van der Waals surface area (Å²) in [6, 6.07) is 6.51. The first-order chi connectivity index (χ1) is 13.8. The minimum atomic E-state index is -0.231. The first kappa shape index (κ1) is 17.1. The summed E-state index contributed by atoms with van der Waals surface area (Å²) in [5.74, 6) is 2.70. The van der Waals surface area contributed by atoms with Crippen LogP contribution in [0.1, 0.15) is 37.0 Å². The van der Waals surface area contributed by atoms with Gasteiger partial charge in [-0.15, -0.1) is 5.10 Å². The van der Waals surface area contributed by atoms with Gasteiger partial charge < -0.3 is 10.1 Å². The maximum Gasteiger partial charge on any atom is 0.267 e. The highest BCUT2D eigenvalue weighted by molar-refractivity contribution is 5.36. The van der Waals surface area contributed by atoms with E-state index in [1.165, 1.54) is 17.2 Å². The van der Waals surface area contributed by atoms with E-state index in [0.29, 0.717) is 24.9 Å². The fraction of sp³-hybridized carbons (Fsp3) is 0.421. The molecule has 28 heavy (non-hydrogen) atoms. The van der Waals surface area contributed by atoms with Gasteiger partial charge in [-0.2, -0.15) is 5.10 Å². The molecule has 0 bridgehead atoms. The first-order valence-electron chi connectivity index (χ1n) is 9.55. The van der Waals surface area contributed by atoms with Crippen molar-refractivity contribution >= 4 is 5.82 Å². The minimum Gasteiger partial charge on any atom is -0.377 e. The number of ether oxygens (including phenoxy) is 1. The molecule has 1 aliphatic heterocycles. The van der Waals surface area contributed by atoms with E-state index in [0.717, 1.165) is 24.5 Å². The molecule has 2 unspecified atom stereocenters. The Kier molecular flexibility index (Phi) is 4.36. The van der Waals surface area contributed by atoms with Crippen LogP contribution in [0.5, 0.6) is 0 Å². The molecule has 2 aliphatic rings. The molecule has 3 aromatic heterocycles. The molecule has 0 radical (unpaired) electrons. The molecule has 0 spiro atoms. The lowest BCUT2D eigenvalue weighted by Crippen LogP contribution is -2.37. The van der Waals surface area contributed by atoms with E-state index in [9.17, 15) is 4.79 Å². The third kappa shape index (κ3) is 3.18. The highest BCUT2D eigenvalue weighted by atomic mass is 16.5. The Labute approximate surface area is 161 Å². The summed E-state index contributed by atoms with van der Waals surface area (Å²) in [6.45, 7) is 0.890. The van der Waals surface area contributed by atoms with Crippen LogP contribution in [-0.4, -0.2) is 48.8 Å². The zero-order valence-electron chi connectivity index (χ0n) is 15.3. The van der Waals surface area contributed by atoms with E-state index in [1.54, 1.807) is 29.3 Å². The fourth-order valence-corrected chi connectivity index (χ4v) is 3.61. The van der Waals surface area contributed by atoms with Crippen molar-refractivity contribution in [3.05, 3.63) is 59.0 Å². The number of nitrogens with one attached hydrogen (secondary N) is 1. The molecule has 0 aromatic carbocycles. The van der Waals surface area contributed by atoms with Crippen molar-refractivity contribution in [3.63, 3.8) is 0 Å². The van der Waals surface area contributed by atoms with Crippen LogP contribution in [0.2, 0.25) is 0 Å². The SMILES string of the molecule is O=c1ccc(-n2cccn2)nn1C1COCC1Nc1ccnc(C2CCC2)n1. The van der Waals surface area contributed by atoms with Crippen LogP contribution >= 0.6 is 0 Å². The predicted molar refractivity (Wildman–Crippen MR) is 102 cm³/mol. The van der Waals surface area contributed by atoms with E-state index in [2.05, 4.69) is 25.5 Å². The molecule has 1 saturated carbocycles. The quantitative estimate of drug-likeness (QED) is 0.718. The van der Waals surface area contributed by atoms with E-state index < -0.39 is 0 Å². The Hall–Kier alpha value is -3.07. The van der Waals surface area contributed by atoms with Gasteiger partial charge >= 0.3 is 0 Å². The maximum atomic E-state index is 12.5. The van der Waals surface area contributed by atoms with Crippen LogP contribution < -0.4 is 10.9 Å². The van der Waals surface area contributed by atoms with Crippen molar-refractivity contribution in [2.24, 2.45) is 0 Å². The van der Waals surface area contributed by atoms with Crippen molar-refractivity contribution in [2.75, 3.05) is 18.5 Å². The second kappa shape index (κ2) is 7.16. The smallest absolute Gasteiger partial charge is 0.267 e. The van der Waals surface area contributed by atoms with Crippen LogP contribution in [0.3, 0.4) is 0 Å². The summed E-state index contributed by atoms with van der Waals surface area (Å²) in [6.07, 6.45) is 8.80. The van der Waals surface area contributed by atoms with Crippen molar-refractivity contribution in [1.29, 1.82) is 0 Å². The van der Waals surface area contributed by atoms with Crippen LogP contribution in [0.4, 0.5) is 5.82 Å². The Bertz CT molecular complexity index is 1010. The van der Waals surface area contributed by atoms with Crippen LogP contribution in [0, 0.1) is 0 Å². The van der Waals surface area contributed by atoms with Gasteiger partial charge in [0.1, 0.15) is 17.7 Å². The average Bonchev–Trinajstić information content (AvgIpc) is 3.33. The van der Waals surface area contributed by atoms with Crippen LogP contribution in [0.15, 0.2) is 47.7 Å². The monoisotopic (exact) mass is 379 g/mol. The van der Waals surface area contributed by atoms with Crippen LogP contribution in [-0.2, 0) is 4.74 Å². The molecular formula is C19H21N7O2. The molecule has 9 nitrogen and oxygen atoms in total. The average molecular weight is 379 g/mol. The normalized spacial score (nSPS) is 22.1. The minimum absolute atomic E-state index is 0.109. The Balaban J connectivity index is 1.40. The zero-order chi connectivity index (χ0) is 18.9. The number of anilines is 1. The molecular weight excluding hydrogens is 358 g/mol. The van der Waals surface area contributed by atoms with Gasteiger partial charge in [-0.3, -0.25) is 4.79 Å². The molecule has 9 heteroatoms. The van der Waals surface area contributed by atoms with Gasteiger partial charge in [0.15, 0.2) is 5.82 Å². The topological polar surface area (TPSA) is 99.8 Å². The molecule has 3 aromatic rings. The lowest BCUT2D eigenvalue weighted by atomic mass is 9.85. The van der Waals surface area contributed by atoms with E-state index in [1.807, 2.05) is 12.1 Å². The van der Waals surface area contributed by atoms with Crippen LogP contribution in [0.25, 0.3) is 5.82 Å². The molecule has 4 heterocycles. The molecule has 144 valence electrons. The lowest BCUT2D eigenvalue weighted by Gasteiger charge is -2.25. The highest BCUT2D eigenvalue weighted by Gasteiger charge is 2.32. The van der Waals surface area contributed by atoms with Gasteiger partial charge in [-0.1, -0.05) is 6.42 Å². The summed E-state index contributed by atoms with van der Waals surface area (Å²) in [5, 5.41) is 12.1. The van der Waals surface area contributed by atoms with Gasteiger partial charge in [-0.25, -0.2) is 19.3 Å². The van der Waals surface area contributed by atoms with Gasteiger partial charge in [0, 0.05) is 30.6 Å². The van der Waals surface area contributed by atoms with Gasteiger partial charge in [0.25, 0.3) is 5.56 Å². The predicted octanol–water partition coefficient (Wildman–Crippen LogP) is 1.54. The second-order valence-corrected chi connectivity index (χ2v) is 7.21. The number of hydrogen-bond donors (Lipinski definition) is 1. The third-order valence-electron chi connectivity index (χ3n) is 5.39. The molecule has 0 amide bonds. The summed E-state index contributed by atoms with van der Waals surface area (Å²) in [4.78, 5) is 21.6. The van der Waals surface area contributed by atoms with Gasteiger partial charge in [0.05, 0.1) is 19.3 Å². The zero-order valence-corrected chi connectivity index (χ0v) is 15.3. The van der Waals surface area contributed by atoms with Crippen molar-refractivity contribution < 1.29 is 4.74 Å². The highest BCUT2D eigenvalue weighted by Crippen LogP contribution is 2.34. The number of nitrogens with zero attached hydrogens (tertiary/aromatic N) is 6. The van der Waals surface area contributed by atoms with E-state index in [4.69, 9.17) is 4.74 Å². The second-order valence-electron chi connectivity index (χ2n) is 7.21. The first-order valence-corrected chi connectivity index (χ1v) is 9.55. The number of hydrogen-bond acceptors (Lipinski definition) is 7. The van der Waals surface area contributed by atoms with Gasteiger partial charge in [-0.05, 0) is 31.0 Å². The molecule has 1 aliphatic carbocycles.